The summed E-state index contributed by atoms with van der Waals surface area (Å²) in [6, 6.07) is 39.4. The van der Waals surface area contributed by atoms with Gasteiger partial charge in [-0.25, -0.2) is 4.68 Å². The largest absolute Gasteiger partial charge is 0.384 e. The van der Waals surface area contributed by atoms with E-state index in [-0.39, 0.29) is 39.6 Å². The first kappa shape index (κ1) is 78.5. The van der Waals surface area contributed by atoms with Crippen LogP contribution in [0.4, 0.5) is 17.1 Å². The minimum atomic E-state index is -4.09. The first-order valence-electron chi connectivity index (χ1n) is 35.2. The summed E-state index contributed by atoms with van der Waals surface area (Å²) < 4.78 is 98.1. The van der Waals surface area contributed by atoms with Crippen molar-refractivity contribution in [2.24, 2.45) is 11.1 Å². The van der Waals surface area contributed by atoms with Gasteiger partial charge in [-0.05, 0) is 162 Å². The summed E-state index contributed by atoms with van der Waals surface area (Å²) in [5, 5.41) is 8.07. The second-order valence-corrected chi connectivity index (χ2v) is 32.7. The van der Waals surface area contributed by atoms with Crippen molar-refractivity contribution in [2.45, 2.75) is 130 Å². The fourth-order valence-corrected chi connectivity index (χ4v) is 15.7. The van der Waals surface area contributed by atoms with Crippen LogP contribution in [0.3, 0.4) is 0 Å². The summed E-state index contributed by atoms with van der Waals surface area (Å²) in [6.45, 7) is 23.6. The molecule has 0 spiro atoms. The molecule has 0 saturated carbocycles. The molecule has 5 N–H and O–H groups in total. The number of unbranched alkanes of at least 4 members (excludes halogenated alkanes) is 2. The van der Waals surface area contributed by atoms with Crippen LogP contribution in [0.25, 0.3) is 11.3 Å². The molecule has 1 aromatic heterocycles. The third kappa shape index (κ3) is 22.2. The van der Waals surface area contributed by atoms with Crippen molar-refractivity contribution in [1.29, 1.82) is 0 Å². The molecule has 1 atom stereocenters. The number of benzene rings is 5. The average molecular weight is 1540 g/mol. The van der Waals surface area contributed by atoms with Crippen LogP contribution < -0.4 is 20.9 Å². The highest BCUT2D eigenvalue weighted by molar-refractivity contribution is 14.1. The van der Waals surface area contributed by atoms with Gasteiger partial charge in [-0.1, -0.05) is 133 Å². The number of rotatable bonds is 41. The maximum Gasteiger partial charge on any atom is 0.264 e. The smallest absolute Gasteiger partial charge is 0.264 e. The summed E-state index contributed by atoms with van der Waals surface area (Å²) in [4.78, 5) is 32.5. The second-order valence-electron chi connectivity index (χ2n) is 28.3. The van der Waals surface area contributed by atoms with Crippen molar-refractivity contribution in [3.8, 4) is 5.69 Å². The van der Waals surface area contributed by atoms with Crippen LogP contribution in [-0.4, -0.2) is 162 Å². The number of ketones is 1. The van der Waals surface area contributed by atoms with E-state index in [0.29, 0.717) is 160 Å². The number of aromatic nitrogens is 2. The number of nitrogens with two attached hydrogens (primary N) is 1. The lowest BCUT2D eigenvalue weighted by atomic mass is 9.75. The van der Waals surface area contributed by atoms with E-state index in [4.69, 9.17) is 34.5 Å². The van der Waals surface area contributed by atoms with E-state index in [1.54, 1.807) is 6.07 Å². The average Bonchev–Trinajstić information content (AvgIpc) is 1.62. The third-order valence-corrected chi connectivity index (χ3v) is 21.3. The Bertz CT molecular complexity index is 4110. The number of nitrogens with zero attached hydrogens (tertiary/aromatic N) is 5. The highest BCUT2D eigenvalue weighted by Gasteiger charge is 2.43. The van der Waals surface area contributed by atoms with Gasteiger partial charge in [-0.15, -0.1) is 0 Å². The van der Waals surface area contributed by atoms with Crippen molar-refractivity contribution in [3.63, 3.8) is 0 Å². The molecule has 6 aromatic rings. The van der Waals surface area contributed by atoms with Gasteiger partial charge in [0.2, 0.25) is 0 Å². The summed E-state index contributed by atoms with van der Waals surface area (Å²) in [6.07, 6.45) is 13.4. The van der Waals surface area contributed by atoms with Gasteiger partial charge in [0.25, 0.3) is 26.1 Å². The van der Waals surface area contributed by atoms with E-state index in [1.807, 2.05) is 41.9 Å². The normalized spacial score (nSPS) is 16.8. The maximum absolute atomic E-state index is 13.0. The standard InChI is InChI=1S/C78H102IN7O13S2/c1-57-74-70(53-76(2,3)54-71(74)87)86(82-57)63-31-32-64(75(80)88)67(52-63)81-35-17-39-95-41-43-97-45-47-99-48-46-98-44-42-96-40-18-36-83(56-59-19-16-20-62(79)51-59)55-58-25-27-60(28-26-58)61(29-33-72-77(4,5)65-21-8-10-23-68(65)84(72)37-12-14-49-100(89,90)91)30-34-73-78(6,7)66-22-9-11-24-69(66)85(73)38-13-15-50-101(92,93)94/h8-11,16,19-34,51-52,72,81H,12-15,17-18,35-50,53-56H2,1-7H3,(H2,80,88)(H,89,90,91)(H,92,93,94)/b33-29+,61-30-,73-34+. The Morgan fingerprint density at radius 1 is 0.683 bits per heavy atom. The molecular formula is C78H102IN7O13S2. The molecule has 9 rings (SSSR count). The number of nitrogens with one attached hydrogen (secondary N) is 1. The van der Waals surface area contributed by atoms with Crippen molar-refractivity contribution in [3.05, 3.63) is 199 Å². The van der Waals surface area contributed by atoms with E-state index < -0.39 is 26.1 Å². The zero-order chi connectivity index (χ0) is 72.4. The monoisotopic (exact) mass is 1540 g/mol. The lowest BCUT2D eigenvalue weighted by molar-refractivity contribution is -0.0115. The SMILES string of the molecule is Cc1nn(-c2ccc(C(N)=O)c(NCCCOCCOCCOCCOCCOCCCN(Cc3ccc(C(=C\C=C4\N(CCCCS(=O)(=O)O)c5ccccc5C4(C)C)/C=C/C4N(CCCCS(=O)(=O)O)c5ccccc5C4(C)C)cc3)Cc3cccc(I)c3)c2)c2c1C(=O)CC(C)(C)C2. The number of para-hydroxylation sites is 2. The molecular weight excluding hydrogens is 1430 g/mol. The number of amides is 1. The minimum absolute atomic E-state index is 0.0841. The molecule has 5 aromatic carbocycles. The fourth-order valence-electron chi connectivity index (χ4n) is 14.0. The molecule has 3 aliphatic rings. The lowest BCUT2D eigenvalue weighted by Gasteiger charge is -2.32. The van der Waals surface area contributed by atoms with Crippen LogP contribution in [0.2, 0.25) is 0 Å². The molecule has 2 aliphatic heterocycles. The van der Waals surface area contributed by atoms with E-state index in [2.05, 4.69) is 187 Å². The van der Waals surface area contributed by atoms with Crippen LogP contribution in [0.15, 0.2) is 145 Å². The van der Waals surface area contributed by atoms with Gasteiger partial charge in [0.05, 0.1) is 98.6 Å². The number of carbonyl (C=O) groups excluding carboxylic acids is 2. The highest BCUT2D eigenvalue weighted by Crippen LogP contribution is 2.49. The molecule has 20 nitrogen and oxygen atoms in total. The Morgan fingerprint density at radius 2 is 1.28 bits per heavy atom. The number of anilines is 3. The van der Waals surface area contributed by atoms with Crippen LogP contribution in [0, 0.1) is 15.9 Å². The number of halogens is 1. The van der Waals surface area contributed by atoms with Gasteiger partial charge in [0, 0.05) is 96.1 Å². The van der Waals surface area contributed by atoms with E-state index in [0.717, 1.165) is 64.7 Å². The first-order valence-corrected chi connectivity index (χ1v) is 39.5. The molecule has 0 saturated heterocycles. The predicted molar refractivity (Wildman–Crippen MR) is 409 cm³/mol. The number of ether oxygens (including phenoxy) is 5. The van der Waals surface area contributed by atoms with Gasteiger partial charge in [0.15, 0.2) is 5.78 Å². The molecule has 0 radical (unpaired) electrons. The Hall–Kier alpha value is -6.62. The quantitative estimate of drug-likeness (QED) is 0.0120. The van der Waals surface area contributed by atoms with Gasteiger partial charge in [-0.3, -0.25) is 23.6 Å². The molecule has 23 heteroatoms. The van der Waals surface area contributed by atoms with Crippen LogP contribution in [0.1, 0.15) is 146 Å². The molecule has 3 heterocycles. The van der Waals surface area contributed by atoms with E-state index in [1.165, 1.54) is 20.3 Å². The van der Waals surface area contributed by atoms with Crippen molar-refractivity contribution in [2.75, 3.05) is 119 Å². The summed E-state index contributed by atoms with van der Waals surface area (Å²) in [5.41, 5.74) is 18.9. The number of fused-ring (bicyclic) bond motifs is 3. The third-order valence-electron chi connectivity index (χ3n) is 19.0. The number of Topliss-reactive ketones (excluding diaryl/α,β-unsaturated/α-hetero) is 1. The van der Waals surface area contributed by atoms with E-state index >= 15 is 0 Å². The van der Waals surface area contributed by atoms with Crippen LogP contribution in [0.5, 0.6) is 0 Å². The van der Waals surface area contributed by atoms with Crippen molar-refractivity contribution >= 4 is 77.2 Å². The molecule has 0 fully saturated rings. The molecule has 0 bridgehead atoms. The predicted octanol–water partition coefficient (Wildman–Crippen LogP) is 13.1. The molecule has 101 heavy (non-hydrogen) atoms. The summed E-state index contributed by atoms with van der Waals surface area (Å²) in [5.74, 6) is -1.02. The fraction of sp³-hybridized carbons (Fsp3) is 0.474. The minimum Gasteiger partial charge on any atom is -0.384 e. The topological polar surface area (TPSA) is 255 Å². The summed E-state index contributed by atoms with van der Waals surface area (Å²) in [7, 11) is -8.18. The number of aryl methyl sites for hydroxylation is 1. The Labute approximate surface area is 611 Å². The van der Waals surface area contributed by atoms with Gasteiger partial charge in [-0.2, -0.15) is 21.9 Å². The number of primary amides is 1. The Morgan fingerprint density at radius 3 is 1.91 bits per heavy atom. The maximum atomic E-state index is 13.0. The molecule has 1 aliphatic carbocycles. The Balaban J connectivity index is 0.738. The summed E-state index contributed by atoms with van der Waals surface area (Å²) >= 11 is 2.37. The van der Waals surface area contributed by atoms with E-state index in [9.17, 15) is 35.5 Å². The number of hydrogen-bond donors (Lipinski definition) is 4. The zero-order valence-corrected chi connectivity index (χ0v) is 63.4. The van der Waals surface area contributed by atoms with Crippen molar-refractivity contribution in [1.82, 2.24) is 14.7 Å². The van der Waals surface area contributed by atoms with Gasteiger partial charge < -0.3 is 44.5 Å². The van der Waals surface area contributed by atoms with Gasteiger partial charge in [0.1, 0.15) is 0 Å². The van der Waals surface area contributed by atoms with Gasteiger partial charge >= 0.3 is 0 Å². The molecule has 1 unspecified atom stereocenters. The van der Waals surface area contributed by atoms with Crippen LogP contribution >= 0.6 is 22.6 Å². The highest BCUT2D eigenvalue weighted by atomic mass is 127. The Kier molecular flexibility index (Phi) is 28.1. The molecule has 546 valence electrons. The number of allylic oxidation sites excluding steroid dienone is 5. The number of carbonyl (C=O) groups is 2. The zero-order valence-electron chi connectivity index (χ0n) is 59.6. The first-order chi connectivity index (χ1) is 48.2. The number of hydrogen-bond acceptors (Lipinski definition) is 16. The second kappa shape index (κ2) is 36.2. The lowest BCUT2D eigenvalue weighted by Crippen LogP contribution is -2.40. The van der Waals surface area contributed by atoms with Crippen molar-refractivity contribution < 1.29 is 59.2 Å². The molecule has 1 amide bonds. The van der Waals surface area contributed by atoms with Crippen LogP contribution in [-0.2, 0) is 74.3 Å².